The van der Waals surface area contributed by atoms with Crippen LogP contribution in [0, 0.1) is 13.8 Å². The number of aryl methyl sites for hydroxylation is 2. The summed E-state index contributed by atoms with van der Waals surface area (Å²) in [5.74, 6) is 0.00510. The molecule has 0 radical (unpaired) electrons. The molecule has 4 nitrogen and oxygen atoms in total. The van der Waals surface area contributed by atoms with Gasteiger partial charge in [0, 0.05) is 37.9 Å². The molecule has 0 bridgehead atoms. The maximum Gasteiger partial charge on any atom is 0.226 e. The molecular weight excluding hydrogens is 334 g/mol. The molecule has 1 heterocycles. The molecule has 0 saturated heterocycles. The van der Waals surface area contributed by atoms with E-state index in [1.165, 1.54) is 16.7 Å². The van der Waals surface area contributed by atoms with Crippen molar-refractivity contribution in [2.75, 3.05) is 24.3 Å². The summed E-state index contributed by atoms with van der Waals surface area (Å²) in [6.45, 7) is 4.16. The molecule has 0 unspecified atom stereocenters. The number of hydrogen-bond acceptors (Lipinski definition) is 2. The van der Waals surface area contributed by atoms with Crippen molar-refractivity contribution < 1.29 is 4.79 Å². The van der Waals surface area contributed by atoms with Crippen molar-refractivity contribution in [3.63, 3.8) is 0 Å². The lowest BCUT2D eigenvalue weighted by molar-refractivity contribution is -0.116. The molecule has 3 rings (SSSR count). The Morgan fingerprint density at radius 3 is 2.37 bits per heavy atom. The maximum atomic E-state index is 12.8. The SMILES string of the molecule is Cc1ccccc1[C@@H](CC(=O)Nc1ccc(C)c(N(C)C)c1)n1cccc1. The van der Waals surface area contributed by atoms with Crippen molar-refractivity contribution in [3.8, 4) is 0 Å². The first kappa shape index (κ1) is 18.8. The van der Waals surface area contributed by atoms with Crippen LogP contribution >= 0.6 is 0 Å². The van der Waals surface area contributed by atoms with Gasteiger partial charge in [-0.15, -0.1) is 0 Å². The van der Waals surface area contributed by atoms with Crippen LogP contribution in [-0.2, 0) is 4.79 Å². The number of amides is 1. The summed E-state index contributed by atoms with van der Waals surface area (Å²) in [5, 5.41) is 3.07. The highest BCUT2D eigenvalue weighted by Gasteiger charge is 2.19. The summed E-state index contributed by atoms with van der Waals surface area (Å²) in [6.07, 6.45) is 4.41. The van der Waals surface area contributed by atoms with Gasteiger partial charge in [-0.25, -0.2) is 0 Å². The molecule has 0 fully saturated rings. The number of anilines is 2. The second kappa shape index (κ2) is 8.12. The zero-order valence-electron chi connectivity index (χ0n) is 16.4. The highest BCUT2D eigenvalue weighted by atomic mass is 16.1. The highest BCUT2D eigenvalue weighted by molar-refractivity contribution is 5.92. The molecule has 1 atom stereocenters. The minimum atomic E-state index is -0.0278. The minimum Gasteiger partial charge on any atom is -0.377 e. The van der Waals surface area contributed by atoms with E-state index >= 15 is 0 Å². The number of hydrogen-bond donors (Lipinski definition) is 1. The molecule has 0 aliphatic heterocycles. The molecule has 0 saturated carbocycles. The van der Waals surface area contributed by atoms with Gasteiger partial charge < -0.3 is 14.8 Å². The average Bonchev–Trinajstić information content (AvgIpc) is 3.16. The molecule has 4 heteroatoms. The normalized spacial score (nSPS) is 11.9. The van der Waals surface area contributed by atoms with E-state index in [0.717, 1.165) is 11.4 Å². The Balaban J connectivity index is 1.82. The average molecular weight is 361 g/mol. The lowest BCUT2D eigenvalue weighted by atomic mass is 9.98. The van der Waals surface area contributed by atoms with Gasteiger partial charge in [0.15, 0.2) is 0 Å². The van der Waals surface area contributed by atoms with Crippen molar-refractivity contribution in [2.45, 2.75) is 26.3 Å². The fourth-order valence-electron chi connectivity index (χ4n) is 3.45. The topological polar surface area (TPSA) is 37.3 Å². The first-order chi connectivity index (χ1) is 13.0. The summed E-state index contributed by atoms with van der Waals surface area (Å²) in [7, 11) is 4.02. The maximum absolute atomic E-state index is 12.8. The molecule has 2 aromatic carbocycles. The van der Waals surface area contributed by atoms with E-state index in [-0.39, 0.29) is 11.9 Å². The van der Waals surface area contributed by atoms with Gasteiger partial charge >= 0.3 is 0 Å². The molecule has 27 heavy (non-hydrogen) atoms. The Kier molecular flexibility index (Phi) is 5.65. The Hall–Kier alpha value is -3.01. The fraction of sp³-hybridized carbons (Fsp3) is 0.261. The van der Waals surface area contributed by atoms with Crippen LogP contribution in [0.3, 0.4) is 0 Å². The quantitative estimate of drug-likeness (QED) is 0.685. The van der Waals surface area contributed by atoms with Crippen molar-refractivity contribution in [3.05, 3.63) is 83.7 Å². The zero-order valence-corrected chi connectivity index (χ0v) is 16.4. The highest BCUT2D eigenvalue weighted by Crippen LogP contribution is 2.27. The predicted octanol–water partition coefficient (Wildman–Crippen LogP) is 4.79. The van der Waals surface area contributed by atoms with Crippen molar-refractivity contribution in [2.24, 2.45) is 0 Å². The Labute approximate surface area is 161 Å². The third-order valence-electron chi connectivity index (χ3n) is 4.89. The molecule has 1 amide bonds. The number of rotatable bonds is 6. The summed E-state index contributed by atoms with van der Waals surface area (Å²) in [6, 6.07) is 18.2. The third-order valence-corrected chi connectivity index (χ3v) is 4.89. The van der Waals surface area contributed by atoms with Crippen LogP contribution in [0.5, 0.6) is 0 Å². The summed E-state index contributed by atoms with van der Waals surface area (Å²) in [5.41, 5.74) is 5.47. The number of aromatic nitrogens is 1. The van der Waals surface area contributed by atoms with E-state index in [1.54, 1.807) is 0 Å². The lowest BCUT2D eigenvalue weighted by Crippen LogP contribution is -2.20. The van der Waals surface area contributed by atoms with Gasteiger partial charge in [0.1, 0.15) is 0 Å². The van der Waals surface area contributed by atoms with E-state index in [9.17, 15) is 4.79 Å². The van der Waals surface area contributed by atoms with E-state index < -0.39 is 0 Å². The molecule has 1 N–H and O–H groups in total. The predicted molar refractivity (Wildman–Crippen MR) is 113 cm³/mol. The second-order valence-electron chi connectivity index (χ2n) is 7.15. The number of carbonyl (C=O) groups is 1. The first-order valence-corrected chi connectivity index (χ1v) is 9.21. The van der Waals surface area contributed by atoms with Crippen molar-refractivity contribution in [1.82, 2.24) is 4.57 Å². The first-order valence-electron chi connectivity index (χ1n) is 9.21. The van der Waals surface area contributed by atoms with Gasteiger partial charge in [0.25, 0.3) is 0 Å². The number of nitrogens with one attached hydrogen (secondary N) is 1. The summed E-state index contributed by atoms with van der Waals surface area (Å²) >= 11 is 0. The number of nitrogens with zero attached hydrogens (tertiary/aromatic N) is 2. The number of carbonyl (C=O) groups excluding carboxylic acids is 1. The molecule has 0 aliphatic carbocycles. The minimum absolute atomic E-state index is 0.00510. The van der Waals surface area contributed by atoms with E-state index in [4.69, 9.17) is 0 Å². The standard InChI is InChI=1S/C23H27N3O/c1-17-9-5-6-10-20(17)22(26-13-7-8-14-26)16-23(27)24-19-12-11-18(2)21(15-19)25(3)4/h5-15,22H,16H2,1-4H3,(H,24,27)/t22-/m1/s1. The molecule has 1 aromatic heterocycles. The van der Waals surface area contributed by atoms with Crippen LogP contribution in [0.4, 0.5) is 11.4 Å². The fourth-order valence-corrected chi connectivity index (χ4v) is 3.45. The molecule has 0 aliphatic rings. The van der Waals surface area contributed by atoms with Crippen LogP contribution in [-0.4, -0.2) is 24.6 Å². The van der Waals surface area contributed by atoms with Crippen LogP contribution in [0.1, 0.15) is 29.2 Å². The summed E-state index contributed by atoms with van der Waals surface area (Å²) < 4.78 is 2.10. The lowest BCUT2D eigenvalue weighted by Gasteiger charge is -2.22. The van der Waals surface area contributed by atoms with Gasteiger partial charge in [-0.3, -0.25) is 4.79 Å². The van der Waals surface area contributed by atoms with Gasteiger partial charge in [-0.05, 0) is 54.8 Å². The molecule has 0 spiro atoms. The van der Waals surface area contributed by atoms with Gasteiger partial charge in [0.05, 0.1) is 12.5 Å². The van der Waals surface area contributed by atoms with E-state index in [0.29, 0.717) is 6.42 Å². The van der Waals surface area contributed by atoms with E-state index in [2.05, 4.69) is 40.8 Å². The van der Waals surface area contributed by atoms with Crippen molar-refractivity contribution >= 4 is 17.3 Å². The van der Waals surface area contributed by atoms with Crippen LogP contribution < -0.4 is 10.2 Å². The Bertz CT molecular complexity index is 913. The van der Waals surface area contributed by atoms with Gasteiger partial charge in [-0.2, -0.15) is 0 Å². The Morgan fingerprint density at radius 2 is 1.70 bits per heavy atom. The monoisotopic (exact) mass is 361 g/mol. The van der Waals surface area contributed by atoms with Crippen LogP contribution in [0.2, 0.25) is 0 Å². The van der Waals surface area contributed by atoms with Crippen molar-refractivity contribution in [1.29, 1.82) is 0 Å². The zero-order chi connectivity index (χ0) is 19.4. The van der Waals surface area contributed by atoms with Gasteiger partial charge in [-0.1, -0.05) is 30.3 Å². The number of benzene rings is 2. The van der Waals surface area contributed by atoms with Crippen LogP contribution in [0.25, 0.3) is 0 Å². The van der Waals surface area contributed by atoms with Gasteiger partial charge in [0.2, 0.25) is 5.91 Å². The largest absolute Gasteiger partial charge is 0.377 e. The summed E-state index contributed by atoms with van der Waals surface area (Å²) in [4.78, 5) is 14.9. The van der Waals surface area contributed by atoms with Crippen LogP contribution in [0.15, 0.2) is 67.0 Å². The third kappa shape index (κ3) is 4.40. The second-order valence-corrected chi connectivity index (χ2v) is 7.15. The Morgan fingerprint density at radius 1 is 1.00 bits per heavy atom. The molecular formula is C23H27N3O. The molecule has 140 valence electrons. The molecule has 3 aromatic rings. The smallest absolute Gasteiger partial charge is 0.226 e. The van der Waals surface area contributed by atoms with E-state index in [1.807, 2.05) is 69.0 Å².